The molecule has 0 fully saturated rings. The first-order valence-electron chi connectivity index (χ1n) is 5.18. The minimum Gasteiger partial charge on any atom is -0.355 e. The van der Waals surface area contributed by atoms with Crippen molar-refractivity contribution in [3.05, 3.63) is 5.92 Å². The predicted octanol–water partition coefficient (Wildman–Crippen LogP) is 2.54. The van der Waals surface area contributed by atoms with Gasteiger partial charge in [0.2, 0.25) is 5.91 Å². The fourth-order valence-electron chi connectivity index (χ4n) is 1.00. The molecule has 13 heavy (non-hydrogen) atoms. The first-order chi connectivity index (χ1) is 6.07. The Morgan fingerprint density at radius 3 is 2.46 bits per heavy atom. The lowest BCUT2D eigenvalue weighted by Crippen LogP contribution is -2.31. The molecule has 0 bridgehead atoms. The first kappa shape index (κ1) is 12.5. The van der Waals surface area contributed by atoms with Crippen molar-refractivity contribution in [2.45, 2.75) is 47.0 Å². The van der Waals surface area contributed by atoms with Crippen LogP contribution in [0.1, 0.15) is 47.0 Å². The number of carbonyl (C=O) groups is 1. The van der Waals surface area contributed by atoms with Gasteiger partial charge in [-0.3, -0.25) is 4.79 Å². The van der Waals surface area contributed by atoms with E-state index < -0.39 is 0 Å². The van der Waals surface area contributed by atoms with Crippen molar-refractivity contribution in [2.24, 2.45) is 5.92 Å². The number of rotatable bonds is 6. The Morgan fingerprint density at radius 1 is 1.38 bits per heavy atom. The summed E-state index contributed by atoms with van der Waals surface area (Å²) in [6.07, 6.45) is 3.19. The van der Waals surface area contributed by atoms with Crippen molar-refractivity contribution in [3.8, 4) is 0 Å². The van der Waals surface area contributed by atoms with Gasteiger partial charge in [0.25, 0.3) is 0 Å². The summed E-state index contributed by atoms with van der Waals surface area (Å²) in [6.45, 7) is 9.04. The molecule has 0 aromatic carbocycles. The molecular weight excluding hydrogens is 162 g/mol. The van der Waals surface area contributed by atoms with Gasteiger partial charge in [0.05, 0.1) is 5.92 Å². The molecule has 0 aliphatic carbocycles. The smallest absolute Gasteiger partial charge is 0.227 e. The summed E-state index contributed by atoms with van der Waals surface area (Å²) in [7, 11) is 0. The largest absolute Gasteiger partial charge is 0.355 e. The number of hydrogen-bond acceptors (Lipinski definition) is 1. The number of hydrogen-bond donors (Lipinski definition) is 1. The van der Waals surface area contributed by atoms with E-state index in [4.69, 9.17) is 0 Å². The highest BCUT2D eigenvalue weighted by Gasteiger charge is 2.12. The van der Waals surface area contributed by atoms with E-state index in [0.29, 0.717) is 5.92 Å². The van der Waals surface area contributed by atoms with E-state index >= 15 is 0 Å². The van der Waals surface area contributed by atoms with Gasteiger partial charge in [-0.2, -0.15) is 0 Å². The lowest BCUT2D eigenvalue weighted by atomic mass is 10.0. The molecule has 2 heteroatoms. The highest BCUT2D eigenvalue weighted by molar-refractivity contribution is 5.89. The van der Waals surface area contributed by atoms with Crippen molar-refractivity contribution in [1.82, 2.24) is 5.32 Å². The molecular formula is C11H22NO. The molecule has 77 valence electrons. The normalized spacial score (nSPS) is 10.9. The zero-order chi connectivity index (χ0) is 10.3. The van der Waals surface area contributed by atoms with Gasteiger partial charge in [-0.1, -0.05) is 33.6 Å². The van der Waals surface area contributed by atoms with E-state index in [2.05, 4.69) is 26.1 Å². The summed E-state index contributed by atoms with van der Waals surface area (Å²) in [5.74, 6) is 1.62. The number of unbranched alkanes of at least 4 members (excludes halogenated alkanes) is 1. The second-order valence-electron chi connectivity index (χ2n) is 3.99. The summed E-state index contributed by atoms with van der Waals surface area (Å²) < 4.78 is 0. The molecule has 0 aliphatic rings. The summed E-state index contributed by atoms with van der Waals surface area (Å²) >= 11 is 0. The minimum absolute atomic E-state index is 0.127. The van der Waals surface area contributed by atoms with Crippen molar-refractivity contribution >= 4 is 5.91 Å². The SMILES string of the molecule is CCCC[C](C)C(=O)NCC(C)C. The van der Waals surface area contributed by atoms with Crippen LogP contribution < -0.4 is 5.32 Å². The molecule has 0 aromatic rings. The third-order valence-corrected chi connectivity index (χ3v) is 1.96. The van der Waals surface area contributed by atoms with Gasteiger partial charge in [0, 0.05) is 6.54 Å². The molecule has 0 heterocycles. The van der Waals surface area contributed by atoms with Gasteiger partial charge < -0.3 is 5.32 Å². The highest BCUT2D eigenvalue weighted by atomic mass is 16.1. The van der Waals surface area contributed by atoms with Crippen LogP contribution in [0.4, 0.5) is 0 Å². The van der Waals surface area contributed by atoms with Crippen LogP contribution >= 0.6 is 0 Å². The van der Waals surface area contributed by atoms with E-state index in [0.717, 1.165) is 31.7 Å². The molecule has 0 unspecified atom stereocenters. The summed E-state index contributed by atoms with van der Waals surface area (Å²) in [5.41, 5.74) is 0. The van der Waals surface area contributed by atoms with Gasteiger partial charge >= 0.3 is 0 Å². The van der Waals surface area contributed by atoms with Gasteiger partial charge in [-0.15, -0.1) is 0 Å². The molecule has 0 aromatic heterocycles. The van der Waals surface area contributed by atoms with Crippen LogP contribution in [0.2, 0.25) is 0 Å². The molecule has 0 spiro atoms. The van der Waals surface area contributed by atoms with Crippen molar-refractivity contribution in [2.75, 3.05) is 6.54 Å². The molecule has 1 radical (unpaired) electrons. The average molecular weight is 184 g/mol. The Kier molecular flexibility index (Phi) is 6.65. The average Bonchev–Trinajstić information content (AvgIpc) is 2.10. The Morgan fingerprint density at radius 2 is 2.00 bits per heavy atom. The van der Waals surface area contributed by atoms with Crippen molar-refractivity contribution < 1.29 is 4.79 Å². The van der Waals surface area contributed by atoms with Crippen LogP contribution in [-0.4, -0.2) is 12.5 Å². The zero-order valence-corrected chi connectivity index (χ0v) is 9.31. The fraction of sp³-hybridized carbons (Fsp3) is 0.818. The molecule has 0 rings (SSSR count). The summed E-state index contributed by atoms with van der Waals surface area (Å²) in [6, 6.07) is 0. The second-order valence-corrected chi connectivity index (χ2v) is 3.99. The van der Waals surface area contributed by atoms with Crippen molar-refractivity contribution in [3.63, 3.8) is 0 Å². The second kappa shape index (κ2) is 6.93. The van der Waals surface area contributed by atoms with Gasteiger partial charge in [0.1, 0.15) is 0 Å². The third-order valence-electron chi connectivity index (χ3n) is 1.96. The standard InChI is InChI=1S/C11H22NO/c1-5-6-7-10(4)11(13)12-8-9(2)3/h9H,5-8H2,1-4H3,(H,12,13). The zero-order valence-electron chi connectivity index (χ0n) is 9.31. The Balaban J connectivity index is 3.57. The topological polar surface area (TPSA) is 29.1 Å². The summed E-state index contributed by atoms with van der Waals surface area (Å²) in [5, 5.41) is 2.91. The van der Waals surface area contributed by atoms with Gasteiger partial charge in [0.15, 0.2) is 0 Å². The van der Waals surface area contributed by atoms with Crippen molar-refractivity contribution in [1.29, 1.82) is 0 Å². The summed E-state index contributed by atoms with van der Waals surface area (Å²) in [4.78, 5) is 11.4. The van der Waals surface area contributed by atoms with Gasteiger partial charge in [-0.25, -0.2) is 0 Å². The maximum absolute atomic E-state index is 11.4. The molecule has 0 saturated carbocycles. The fourth-order valence-corrected chi connectivity index (χ4v) is 1.00. The first-order valence-corrected chi connectivity index (χ1v) is 5.18. The van der Waals surface area contributed by atoms with Crippen LogP contribution in [0.15, 0.2) is 0 Å². The van der Waals surface area contributed by atoms with E-state index in [1.54, 1.807) is 0 Å². The number of nitrogens with one attached hydrogen (secondary N) is 1. The van der Waals surface area contributed by atoms with E-state index in [-0.39, 0.29) is 5.91 Å². The Labute approximate surface area is 82.1 Å². The molecule has 0 saturated heterocycles. The third kappa shape index (κ3) is 6.62. The minimum atomic E-state index is 0.127. The lowest BCUT2D eigenvalue weighted by molar-refractivity contribution is -0.119. The number of carbonyl (C=O) groups excluding carboxylic acids is 1. The number of amides is 1. The van der Waals surface area contributed by atoms with E-state index in [1.807, 2.05) is 6.92 Å². The molecule has 1 N–H and O–H groups in total. The quantitative estimate of drug-likeness (QED) is 0.675. The van der Waals surface area contributed by atoms with Crippen LogP contribution in [0.3, 0.4) is 0 Å². The molecule has 2 nitrogen and oxygen atoms in total. The van der Waals surface area contributed by atoms with E-state index in [9.17, 15) is 4.79 Å². The monoisotopic (exact) mass is 184 g/mol. The predicted molar refractivity (Wildman–Crippen MR) is 56.3 cm³/mol. The Bertz CT molecular complexity index is 143. The molecule has 0 atom stereocenters. The molecule has 0 aliphatic heterocycles. The van der Waals surface area contributed by atoms with Crippen LogP contribution in [0.5, 0.6) is 0 Å². The van der Waals surface area contributed by atoms with Crippen LogP contribution in [0.25, 0.3) is 0 Å². The maximum atomic E-state index is 11.4. The van der Waals surface area contributed by atoms with Gasteiger partial charge in [-0.05, 0) is 19.3 Å². The highest BCUT2D eigenvalue weighted by Crippen LogP contribution is 2.09. The van der Waals surface area contributed by atoms with E-state index in [1.165, 1.54) is 0 Å². The molecule has 1 amide bonds. The lowest BCUT2D eigenvalue weighted by Gasteiger charge is -2.12. The Hall–Kier alpha value is -0.530. The van der Waals surface area contributed by atoms with Crippen LogP contribution in [-0.2, 0) is 4.79 Å². The van der Waals surface area contributed by atoms with Crippen LogP contribution in [0, 0.1) is 11.8 Å². The maximum Gasteiger partial charge on any atom is 0.227 e.